The minimum atomic E-state index is 0.0828. The largest absolute Gasteiger partial charge is 0.372 e. The maximum Gasteiger partial charge on any atom is 0.256 e. The molecule has 0 bridgehead atoms. The second-order valence-corrected chi connectivity index (χ2v) is 5.22. The quantitative estimate of drug-likeness (QED) is 0.853. The van der Waals surface area contributed by atoms with Crippen LogP contribution in [0.25, 0.3) is 10.9 Å². The molecule has 1 aliphatic rings. The molecule has 1 aromatic heterocycles. The van der Waals surface area contributed by atoms with Gasteiger partial charge in [0, 0.05) is 30.2 Å². The molecule has 2 unspecified atom stereocenters. The third-order valence-electron chi connectivity index (χ3n) is 3.53. The number of fused-ring (bicyclic) bond motifs is 1. The summed E-state index contributed by atoms with van der Waals surface area (Å²) in [4.78, 5) is 17.7. The molecular weight excluding hydrogens is 240 g/mol. The fourth-order valence-corrected chi connectivity index (χ4v) is 2.76. The van der Waals surface area contributed by atoms with E-state index in [-0.39, 0.29) is 18.1 Å². The molecule has 0 spiro atoms. The van der Waals surface area contributed by atoms with Crippen LogP contribution in [0.1, 0.15) is 24.2 Å². The number of aromatic amines is 1. The second kappa shape index (κ2) is 4.70. The number of hydrogen-bond acceptors (Lipinski definition) is 2. The summed E-state index contributed by atoms with van der Waals surface area (Å²) in [6, 6.07) is 7.88. The Bertz CT molecular complexity index is 595. The monoisotopic (exact) mass is 258 g/mol. The van der Waals surface area contributed by atoms with Crippen molar-refractivity contribution in [2.45, 2.75) is 26.1 Å². The summed E-state index contributed by atoms with van der Waals surface area (Å²) in [6.45, 7) is 5.32. The van der Waals surface area contributed by atoms with Crippen LogP contribution >= 0.6 is 0 Å². The predicted molar refractivity (Wildman–Crippen MR) is 74.2 cm³/mol. The van der Waals surface area contributed by atoms with Gasteiger partial charge in [0.2, 0.25) is 0 Å². The first-order valence-corrected chi connectivity index (χ1v) is 6.66. The number of H-pyrrole nitrogens is 1. The number of aromatic nitrogens is 1. The topological polar surface area (TPSA) is 45.3 Å². The Labute approximate surface area is 112 Å². The minimum absolute atomic E-state index is 0.0828. The van der Waals surface area contributed by atoms with Crippen LogP contribution in [0.15, 0.2) is 30.5 Å². The van der Waals surface area contributed by atoms with Crippen molar-refractivity contribution in [3.63, 3.8) is 0 Å². The van der Waals surface area contributed by atoms with Gasteiger partial charge in [-0.05, 0) is 19.9 Å². The van der Waals surface area contributed by atoms with E-state index >= 15 is 0 Å². The number of benzene rings is 1. The van der Waals surface area contributed by atoms with Gasteiger partial charge in [0.15, 0.2) is 0 Å². The molecule has 1 aliphatic heterocycles. The normalized spacial score (nSPS) is 23.8. The standard InChI is InChI=1S/C15H18N2O2/c1-10-8-17(9-11(2)19-10)15(18)13-7-16-14-6-4-3-5-12(13)14/h3-7,10-11,16H,8-9H2,1-2H3. The molecule has 2 heterocycles. The van der Waals surface area contributed by atoms with E-state index in [9.17, 15) is 4.79 Å². The summed E-state index contributed by atoms with van der Waals surface area (Å²) in [5.41, 5.74) is 1.75. The van der Waals surface area contributed by atoms with E-state index in [1.54, 1.807) is 6.20 Å². The molecular formula is C15H18N2O2. The molecule has 3 rings (SSSR count). The molecule has 2 aromatic rings. The van der Waals surface area contributed by atoms with Crippen molar-refractivity contribution in [2.75, 3.05) is 13.1 Å². The zero-order valence-corrected chi connectivity index (χ0v) is 11.2. The predicted octanol–water partition coefficient (Wildman–Crippen LogP) is 2.42. The van der Waals surface area contributed by atoms with Crippen molar-refractivity contribution in [3.8, 4) is 0 Å². The molecule has 100 valence electrons. The Hall–Kier alpha value is -1.81. The SMILES string of the molecule is CC1CN(C(=O)c2c[nH]c3ccccc23)CC(C)O1. The average Bonchev–Trinajstić information content (AvgIpc) is 2.80. The minimum Gasteiger partial charge on any atom is -0.372 e. The number of carbonyl (C=O) groups is 1. The molecule has 1 fully saturated rings. The zero-order valence-electron chi connectivity index (χ0n) is 11.2. The fraction of sp³-hybridized carbons (Fsp3) is 0.400. The molecule has 1 amide bonds. The van der Waals surface area contributed by atoms with Gasteiger partial charge in [-0.25, -0.2) is 0 Å². The maximum absolute atomic E-state index is 12.6. The molecule has 0 radical (unpaired) electrons. The average molecular weight is 258 g/mol. The third kappa shape index (κ3) is 2.24. The number of morpholine rings is 1. The van der Waals surface area contributed by atoms with Crippen LogP contribution in [0, 0.1) is 0 Å². The Morgan fingerprint density at radius 3 is 2.68 bits per heavy atom. The van der Waals surface area contributed by atoms with E-state index in [1.165, 1.54) is 0 Å². The molecule has 1 saturated heterocycles. The molecule has 19 heavy (non-hydrogen) atoms. The highest BCUT2D eigenvalue weighted by Crippen LogP contribution is 2.21. The Morgan fingerprint density at radius 1 is 1.26 bits per heavy atom. The number of ether oxygens (including phenoxy) is 1. The van der Waals surface area contributed by atoms with Gasteiger partial charge < -0.3 is 14.6 Å². The second-order valence-electron chi connectivity index (χ2n) is 5.22. The van der Waals surface area contributed by atoms with Crippen LogP contribution in [-0.4, -0.2) is 41.1 Å². The van der Waals surface area contributed by atoms with Crippen LogP contribution in [-0.2, 0) is 4.74 Å². The van der Waals surface area contributed by atoms with Crippen molar-refractivity contribution in [1.82, 2.24) is 9.88 Å². The Balaban J connectivity index is 1.91. The van der Waals surface area contributed by atoms with E-state index in [0.29, 0.717) is 13.1 Å². The van der Waals surface area contributed by atoms with E-state index in [1.807, 2.05) is 43.0 Å². The first-order valence-electron chi connectivity index (χ1n) is 6.66. The van der Waals surface area contributed by atoms with Crippen molar-refractivity contribution in [1.29, 1.82) is 0 Å². The van der Waals surface area contributed by atoms with Gasteiger partial charge in [-0.15, -0.1) is 0 Å². The number of carbonyl (C=O) groups excluding carboxylic acids is 1. The van der Waals surface area contributed by atoms with Gasteiger partial charge in [0.1, 0.15) is 0 Å². The molecule has 2 atom stereocenters. The number of amides is 1. The molecule has 1 aromatic carbocycles. The first kappa shape index (κ1) is 12.2. The maximum atomic E-state index is 12.6. The lowest BCUT2D eigenvalue weighted by Gasteiger charge is -2.35. The summed E-state index contributed by atoms with van der Waals surface area (Å²) in [6.07, 6.45) is 1.99. The summed E-state index contributed by atoms with van der Waals surface area (Å²) in [5.74, 6) is 0.0828. The van der Waals surface area contributed by atoms with E-state index < -0.39 is 0 Å². The lowest BCUT2D eigenvalue weighted by atomic mass is 10.1. The number of rotatable bonds is 1. The van der Waals surface area contributed by atoms with Crippen molar-refractivity contribution in [2.24, 2.45) is 0 Å². The van der Waals surface area contributed by atoms with Gasteiger partial charge in [-0.2, -0.15) is 0 Å². The lowest BCUT2D eigenvalue weighted by molar-refractivity contribution is -0.0585. The van der Waals surface area contributed by atoms with E-state index in [4.69, 9.17) is 4.74 Å². The number of nitrogens with zero attached hydrogens (tertiary/aromatic N) is 1. The molecule has 4 heteroatoms. The van der Waals surface area contributed by atoms with E-state index in [0.717, 1.165) is 16.5 Å². The highest BCUT2D eigenvalue weighted by atomic mass is 16.5. The van der Waals surface area contributed by atoms with Gasteiger partial charge in [0.05, 0.1) is 17.8 Å². The number of para-hydroxylation sites is 1. The van der Waals surface area contributed by atoms with Crippen LogP contribution in [0.3, 0.4) is 0 Å². The first-order chi connectivity index (χ1) is 9.15. The highest BCUT2D eigenvalue weighted by molar-refractivity contribution is 6.06. The lowest BCUT2D eigenvalue weighted by Crippen LogP contribution is -2.48. The van der Waals surface area contributed by atoms with E-state index in [2.05, 4.69) is 4.98 Å². The Kier molecular flexibility index (Phi) is 3.03. The van der Waals surface area contributed by atoms with Crippen molar-refractivity contribution < 1.29 is 9.53 Å². The van der Waals surface area contributed by atoms with Crippen LogP contribution in [0.2, 0.25) is 0 Å². The van der Waals surface area contributed by atoms with Gasteiger partial charge in [0.25, 0.3) is 5.91 Å². The fourth-order valence-electron chi connectivity index (χ4n) is 2.76. The summed E-state index contributed by atoms with van der Waals surface area (Å²) in [5, 5.41) is 0.985. The van der Waals surface area contributed by atoms with Crippen molar-refractivity contribution >= 4 is 16.8 Å². The van der Waals surface area contributed by atoms with Crippen LogP contribution < -0.4 is 0 Å². The van der Waals surface area contributed by atoms with Gasteiger partial charge in [-0.1, -0.05) is 18.2 Å². The molecule has 0 aliphatic carbocycles. The van der Waals surface area contributed by atoms with Gasteiger partial charge >= 0.3 is 0 Å². The molecule has 0 saturated carbocycles. The van der Waals surface area contributed by atoms with Crippen molar-refractivity contribution in [3.05, 3.63) is 36.0 Å². The smallest absolute Gasteiger partial charge is 0.256 e. The van der Waals surface area contributed by atoms with Crippen LogP contribution in [0.4, 0.5) is 0 Å². The third-order valence-corrected chi connectivity index (χ3v) is 3.53. The summed E-state index contributed by atoms with van der Waals surface area (Å²) in [7, 11) is 0. The van der Waals surface area contributed by atoms with Gasteiger partial charge in [-0.3, -0.25) is 4.79 Å². The number of hydrogen-bond donors (Lipinski definition) is 1. The van der Waals surface area contributed by atoms with Crippen LogP contribution in [0.5, 0.6) is 0 Å². The molecule has 4 nitrogen and oxygen atoms in total. The Morgan fingerprint density at radius 2 is 1.95 bits per heavy atom. The zero-order chi connectivity index (χ0) is 13.4. The summed E-state index contributed by atoms with van der Waals surface area (Å²) < 4.78 is 5.67. The highest BCUT2D eigenvalue weighted by Gasteiger charge is 2.27. The molecule has 1 N–H and O–H groups in total. The summed E-state index contributed by atoms with van der Waals surface area (Å²) >= 11 is 0. The number of nitrogens with one attached hydrogen (secondary N) is 1.